The molecule has 140 valence electrons. The lowest BCUT2D eigenvalue weighted by Gasteiger charge is -2.05. The summed E-state index contributed by atoms with van der Waals surface area (Å²) in [6, 6.07) is 5.21. The van der Waals surface area contributed by atoms with Crippen LogP contribution in [0, 0.1) is 30.3 Å². The van der Waals surface area contributed by atoms with Crippen LogP contribution in [0.5, 0.6) is 11.5 Å². The van der Waals surface area contributed by atoms with E-state index in [4.69, 9.17) is 4.74 Å². The number of nitrogens with one attached hydrogen (secondary N) is 1. The highest BCUT2D eigenvalue weighted by molar-refractivity contribution is 5.84. The molecule has 2 N–H and O–H groups in total. The lowest BCUT2D eigenvalue weighted by molar-refractivity contribution is -0.393. The van der Waals surface area contributed by atoms with Crippen molar-refractivity contribution in [2.45, 2.75) is 0 Å². The Kier molecular flexibility index (Phi) is 5.45. The van der Waals surface area contributed by atoms with E-state index in [0.29, 0.717) is 0 Å². The molecule has 0 aliphatic heterocycles. The van der Waals surface area contributed by atoms with Gasteiger partial charge in [0.15, 0.2) is 5.75 Å². The Balaban J connectivity index is 2.33. The minimum atomic E-state index is -0.820. The van der Waals surface area contributed by atoms with E-state index < -0.39 is 37.6 Å². The van der Waals surface area contributed by atoms with Gasteiger partial charge in [-0.2, -0.15) is 5.10 Å². The van der Waals surface area contributed by atoms with Crippen LogP contribution in [-0.4, -0.2) is 33.2 Å². The fraction of sp³-hybridized carbons (Fsp3) is 0.0714. The van der Waals surface area contributed by atoms with E-state index >= 15 is 0 Å². The Labute approximate surface area is 150 Å². The maximum Gasteiger partial charge on any atom is 0.315 e. The molecule has 0 radical (unpaired) electrons. The summed E-state index contributed by atoms with van der Waals surface area (Å²) in [5.41, 5.74) is 0.729. The molecule has 13 heteroatoms. The van der Waals surface area contributed by atoms with E-state index in [2.05, 4.69) is 10.5 Å². The van der Waals surface area contributed by atoms with Gasteiger partial charge in [-0.3, -0.25) is 35.8 Å². The molecule has 0 bridgehead atoms. The van der Waals surface area contributed by atoms with Gasteiger partial charge in [0.1, 0.15) is 5.69 Å². The van der Waals surface area contributed by atoms with Crippen LogP contribution in [0.15, 0.2) is 35.4 Å². The number of benzene rings is 2. The summed E-state index contributed by atoms with van der Waals surface area (Å²) in [6.45, 7) is 0. The number of phenolic OH excluding ortho intramolecular Hbond substituents is 1. The molecule has 27 heavy (non-hydrogen) atoms. The fourth-order valence-electron chi connectivity index (χ4n) is 2.04. The van der Waals surface area contributed by atoms with Gasteiger partial charge in [-0.1, -0.05) is 0 Å². The van der Waals surface area contributed by atoms with E-state index in [1.807, 2.05) is 0 Å². The Morgan fingerprint density at radius 3 is 2.26 bits per heavy atom. The third kappa shape index (κ3) is 4.22. The highest BCUT2D eigenvalue weighted by Crippen LogP contribution is 2.36. The first-order valence-electron chi connectivity index (χ1n) is 7.02. The van der Waals surface area contributed by atoms with Crippen LogP contribution in [0.25, 0.3) is 0 Å². The molecule has 0 saturated carbocycles. The number of hydrogen-bond donors (Lipinski definition) is 2. The Hall–Kier alpha value is -4.29. The van der Waals surface area contributed by atoms with Gasteiger partial charge in [0.25, 0.3) is 5.69 Å². The first-order chi connectivity index (χ1) is 12.7. The monoisotopic (exact) mass is 377 g/mol. The van der Waals surface area contributed by atoms with Crippen LogP contribution in [0.2, 0.25) is 0 Å². The van der Waals surface area contributed by atoms with E-state index in [9.17, 15) is 35.4 Å². The zero-order valence-electron chi connectivity index (χ0n) is 13.6. The van der Waals surface area contributed by atoms with Crippen LogP contribution < -0.4 is 10.2 Å². The maximum absolute atomic E-state index is 11.0. The quantitative estimate of drug-likeness (QED) is 0.416. The number of aromatic hydroxyl groups is 1. The van der Waals surface area contributed by atoms with Crippen molar-refractivity contribution in [1.29, 1.82) is 0 Å². The Morgan fingerprint density at radius 1 is 1.04 bits per heavy atom. The summed E-state index contributed by atoms with van der Waals surface area (Å²) >= 11 is 0. The number of non-ortho nitro benzene ring substituents is 1. The van der Waals surface area contributed by atoms with Crippen molar-refractivity contribution in [1.82, 2.24) is 0 Å². The second-order valence-corrected chi connectivity index (χ2v) is 4.93. The minimum absolute atomic E-state index is 0.123. The van der Waals surface area contributed by atoms with Gasteiger partial charge in [-0.15, -0.1) is 0 Å². The molecule has 2 aromatic rings. The lowest BCUT2D eigenvalue weighted by Crippen LogP contribution is -1.99. The number of methoxy groups -OCH3 is 1. The van der Waals surface area contributed by atoms with Crippen molar-refractivity contribution in [2.24, 2.45) is 5.10 Å². The summed E-state index contributed by atoms with van der Waals surface area (Å²) in [6.07, 6.45) is 1.10. The summed E-state index contributed by atoms with van der Waals surface area (Å²) in [4.78, 5) is 30.3. The molecule has 13 nitrogen and oxygen atoms in total. The Bertz CT molecular complexity index is 959. The van der Waals surface area contributed by atoms with Crippen LogP contribution in [0.3, 0.4) is 0 Å². The second kappa shape index (κ2) is 7.73. The van der Waals surface area contributed by atoms with E-state index in [1.165, 1.54) is 13.2 Å². The number of hydrazone groups is 1. The minimum Gasteiger partial charge on any atom is -0.500 e. The molecule has 0 amide bonds. The number of hydrogen-bond acceptors (Lipinski definition) is 10. The van der Waals surface area contributed by atoms with E-state index in [1.54, 1.807) is 0 Å². The van der Waals surface area contributed by atoms with Gasteiger partial charge in [-0.25, -0.2) is 0 Å². The standard InChI is InChI=1S/C14H11N5O8/c1-27-13-5-8(4-12(14(13)20)19(25)26)7-15-16-10-3-2-9(17(21)22)6-11(10)18(23)24/h2-7,16,20H,1H3/b15-7+. The van der Waals surface area contributed by atoms with Gasteiger partial charge >= 0.3 is 11.4 Å². The molecule has 0 unspecified atom stereocenters. The summed E-state index contributed by atoms with van der Waals surface area (Å²) in [5, 5.41) is 46.1. The molecule has 2 aromatic carbocycles. The van der Waals surface area contributed by atoms with E-state index in [0.717, 1.165) is 30.5 Å². The van der Waals surface area contributed by atoms with Crippen molar-refractivity contribution in [3.8, 4) is 11.5 Å². The summed E-state index contributed by atoms with van der Waals surface area (Å²) in [5.74, 6) is -0.814. The number of rotatable bonds is 7. The molecule has 2 rings (SSSR count). The van der Waals surface area contributed by atoms with Gasteiger partial charge in [0.2, 0.25) is 5.75 Å². The highest BCUT2D eigenvalue weighted by atomic mass is 16.6. The average Bonchev–Trinajstić information content (AvgIpc) is 2.62. The molecule has 0 spiro atoms. The van der Waals surface area contributed by atoms with Crippen LogP contribution >= 0.6 is 0 Å². The zero-order chi connectivity index (χ0) is 20.1. The molecule has 0 atom stereocenters. The summed E-state index contributed by atoms with van der Waals surface area (Å²) in [7, 11) is 1.21. The topological polar surface area (TPSA) is 183 Å². The molecule has 0 aromatic heterocycles. The summed E-state index contributed by atoms with van der Waals surface area (Å²) < 4.78 is 4.84. The smallest absolute Gasteiger partial charge is 0.315 e. The van der Waals surface area contributed by atoms with Crippen molar-refractivity contribution in [3.05, 3.63) is 66.2 Å². The predicted octanol–water partition coefficient (Wildman–Crippen LogP) is 2.57. The van der Waals surface area contributed by atoms with Crippen LogP contribution in [-0.2, 0) is 0 Å². The number of ether oxygens (including phenoxy) is 1. The third-order valence-corrected chi connectivity index (χ3v) is 3.28. The SMILES string of the molecule is COc1cc(/C=N/Nc2ccc([N+](=O)[O-])cc2[N+](=O)[O-])cc([N+](=O)[O-])c1O. The van der Waals surface area contributed by atoms with Gasteiger partial charge < -0.3 is 9.84 Å². The second-order valence-electron chi connectivity index (χ2n) is 4.93. The first-order valence-corrected chi connectivity index (χ1v) is 7.02. The molecule has 0 saturated heterocycles. The van der Waals surface area contributed by atoms with Gasteiger partial charge in [0.05, 0.1) is 34.2 Å². The Morgan fingerprint density at radius 2 is 1.70 bits per heavy atom. The molecule has 0 aliphatic carbocycles. The van der Waals surface area contributed by atoms with Crippen molar-refractivity contribution in [2.75, 3.05) is 12.5 Å². The fourth-order valence-corrected chi connectivity index (χ4v) is 2.04. The first kappa shape index (κ1) is 19.0. The number of phenols is 1. The van der Waals surface area contributed by atoms with Crippen LogP contribution in [0.4, 0.5) is 22.7 Å². The largest absolute Gasteiger partial charge is 0.500 e. The number of nitrogens with zero attached hydrogens (tertiary/aromatic N) is 4. The van der Waals surface area contributed by atoms with Crippen molar-refractivity contribution < 1.29 is 24.6 Å². The number of anilines is 1. The molecule has 0 aliphatic rings. The predicted molar refractivity (Wildman–Crippen MR) is 92.3 cm³/mol. The lowest BCUT2D eigenvalue weighted by atomic mass is 10.2. The highest BCUT2D eigenvalue weighted by Gasteiger charge is 2.20. The number of nitro benzene ring substituents is 3. The molecular formula is C14H11N5O8. The average molecular weight is 377 g/mol. The molecule has 0 fully saturated rings. The normalized spacial score (nSPS) is 10.6. The maximum atomic E-state index is 11.0. The third-order valence-electron chi connectivity index (χ3n) is 3.28. The molecular weight excluding hydrogens is 366 g/mol. The van der Waals surface area contributed by atoms with Crippen molar-refractivity contribution >= 4 is 29.0 Å². The zero-order valence-corrected chi connectivity index (χ0v) is 13.6. The number of nitro groups is 3. The van der Waals surface area contributed by atoms with Crippen molar-refractivity contribution in [3.63, 3.8) is 0 Å². The molecule has 0 heterocycles. The van der Waals surface area contributed by atoms with E-state index in [-0.39, 0.29) is 17.0 Å². The van der Waals surface area contributed by atoms with Crippen LogP contribution in [0.1, 0.15) is 5.56 Å². The van der Waals surface area contributed by atoms with Gasteiger partial charge in [0, 0.05) is 17.7 Å². The van der Waals surface area contributed by atoms with Gasteiger partial charge in [-0.05, 0) is 12.1 Å².